The summed E-state index contributed by atoms with van der Waals surface area (Å²) in [6, 6.07) is 0. The van der Waals surface area contributed by atoms with Crippen LogP contribution < -0.4 is 10.2 Å². The number of aliphatic carboxylic acids is 2. The number of hydrogen-bond acceptors (Lipinski definition) is 7. The van der Waals surface area contributed by atoms with Crippen molar-refractivity contribution in [2.75, 3.05) is 0 Å². The summed E-state index contributed by atoms with van der Waals surface area (Å²) in [7, 11) is 0. The Morgan fingerprint density at radius 2 is 0.548 bits per heavy atom. The maximum atomic E-state index is 10.4. The number of hydrogen-bond donors (Lipinski definition) is 3. The van der Waals surface area contributed by atoms with Gasteiger partial charge in [0.05, 0.1) is 12.2 Å². The van der Waals surface area contributed by atoms with Gasteiger partial charge in [-0.25, -0.2) is 0 Å². The number of unbranched alkanes of at least 4 members (excludes halogenated alkanes) is 24. The molecule has 0 saturated carbocycles. The molecule has 250 valence electrons. The van der Waals surface area contributed by atoms with E-state index in [-0.39, 0.29) is 12.8 Å². The second kappa shape index (κ2) is 31.3. The third-order valence-electron chi connectivity index (χ3n) is 8.55. The lowest BCUT2D eigenvalue weighted by Gasteiger charge is -2.23. The molecule has 7 nitrogen and oxygen atoms in total. The van der Waals surface area contributed by atoms with Gasteiger partial charge in [-0.3, -0.25) is 0 Å². The molecule has 0 fully saturated rings. The quantitative estimate of drug-likeness (QED) is 0.0741. The molecular weight excluding hydrogens is 532 g/mol. The Kier molecular flexibility index (Phi) is 30.4. The minimum absolute atomic E-state index is 0.187. The molecule has 0 aliphatic heterocycles. The van der Waals surface area contributed by atoms with Crippen molar-refractivity contribution in [2.24, 2.45) is 0 Å². The van der Waals surface area contributed by atoms with Gasteiger partial charge in [-0.05, 0) is 38.5 Å². The topological polar surface area (TPSA) is 141 Å². The minimum atomic E-state index is -1.05. The fourth-order valence-electron chi connectivity index (χ4n) is 5.73. The molecule has 2 unspecified atom stereocenters. The van der Waals surface area contributed by atoms with Crippen LogP contribution in [0.3, 0.4) is 0 Å². The highest BCUT2D eigenvalue weighted by Crippen LogP contribution is 2.18. The maximum absolute atomic E-state index is 10.4. The average Bonchev–Trinajstić information content (AvgIpc) is 2.96. The van der Waals surface area contributed by atoms with Crippen molar-refractivity contribution < 1.29 is 35.1 Å². The summed E-state index contributed by atoms with van der Waals surface area (Å²) in [6.07, 6.45) is 27.9. The van der Waals surface area contributed by atoms with E-state index < -0.39 is 30.3 Å². The van der Waals surface area contributed by atoms with E-state index in [0.717, 1.165) is 77.0 Å². The molecule has 0 aromatic heterocycles. The summed E-state index contributed by atoms with van der Waals surface area (Å²) in [5.41, 5.74) is 0. The highest BCUT2D eigenvalue weighted by atomic mass is 16.4. The van der Waals surface area contributed by atoms with E-state index in [1.54, 1.807) is 0 Å². The van der Waals surface area contributed by atoms with E-state index in [1.165, 1.54) is 89.9 Å². The van der Waals surface area contributed by atoms with Gasteiger partial charge < -0.3 is 35.1 Å². The molecule has 2 atom stereocenters. The fraction of sp³-hybridized carbons (Fsp3) is 0.943. The predicted molar refractivity (Wildman–Crippen MR) is 167 cm³/mol. The van der Waals surface area contributed by atoms with Crippen molar-refractivity contribution in [3.8, 4) is 0 Å². The van der Waals surface area contributed by atoms with Gasteiger partial charge in [0.25, 0.3) is 0 Å². The zero-order chi connectivity index (χ0) is 31.1. The van der Waals surface area contributed by atoms with Gasteiger partial charge in [-0.1, -0.05) is 154 Å². The van der Waals surface area contributed by atoms with Crippen molar-refractivity contribution in [1.82, 2.24) is 0 Å². The van der Waals surface area contributed by atoms with Crippen LogP contribution in [-0.4, -0.2) is 45.6 Å². The Bertz CT molecular complexity index is 548. The van der Waals surface area contributed by atoms with Gasteiger partial charge in [-0.2, -0.15) is 0 Å². The van der Waals surface area contributed by atoms with E-state index >= 15 is 0 Å². The van der Waals surface area contributed by atoms with Crippen LogP contribution in [-0.2, 0) is 9.59 Å². The highest BCUT2D eigenvalue weighted by molar-refractivity contribution is 5.64. The monoisotopic (exact) mass is 598 g/mol. The first-order valence-electron chi connectivity index (χ1n) is 17.8. The Morgan fingerprint density at radius 1 is 0.357 bits per heavy atom. The number of carboxylic acid groups (broad SMARTS) is 2. The second-order valence-electron chi connectivity index (χ2n) is 12.6. The Morgan fingerprint density at radius 3 is 0.762 bits per heavy atom. The van der Waals surface area contributed by atoms with Crippen LogP contribution >= 0.6 is 0 Å². The first kappa shape index (κ1) is 40.8. The van der Waals surface area contributed by atoms with Gasteiger partial charge >= 0.3 is 0 Å². The van der Waals surface area contributed by atoms with Crippen LogP contribution in [0.1, 0.15) is 193 Å². The smallest absolute Gasteiger partial charge is 0.106 e. The molecule has 0 aromatic carbocycles. The number of rotatable bonds is 34. The van der Waals surface area contributed by atoms with Crippen molar-refractivity contribution in [3.63, 3.8) is 0 Å². The summed E-state index contributed by atoms with van der Waals surface area (Å²) in [4.78, 5) is 20.7. The molecular formula is C35H66O7-2. The van der Waals surface area contributed by atoms with E-state index in [2.05, 4.69) is 0 Å². The van der Waals surface area contributed by atoms with Crippen LogP contribution in [0.5, 0.6) is 0 Å². The normalized spacial score (nSPS) is 13.7. The van der Waals surface area contributed by atoms with Crippen molar-refractivity contribution >= 4 is 11.9 Å². The van der Waals surface area contributed by atoms with Crippen LogP contribution in [0.25, 0.3) is 0 Å². The summed E-state index contributed by atoms with van der Waals surface area (Å²) in [5, 5.41) is 51.6. The largest absolute Gasteiger partial charge is 0.550 e. The maximum Gasteiger partial charge on any atom is 0.106 e. The molecule has 0 saturated heterocycles. The lowest BCUT2D eigenvalue weighted by molar-refractivity contribution is -0.307. The lowest BCUT2D eigenvalue weighted by Crippen LogP contribution is -2.37. The van der Waals surface area contributed by atoms with E-state index in [9.17, 15) is 35.1 Å². The molecule has 0 heterocycles. The Balaban J connectivity index is 3.41. The summed E-state index contributed by atoms with van der Waals surface area (Å²) in [6.45, 7) is 0. The molecule has 0 amide bonds. The average molecular weight is 599 g/mol. The molecule has 0 aliphatic carbocycles. The molecule has 0 bridgehead atoms. The standard InChI is InChI=1S/C35H68O7/c36-31(27-23-19-15-11-7-3-1-5-9-13-17-21-25-29-33(38)39)35(42)32(37)28-24-20-16-12-8-4-2-6-10-14-18-22-26-30-34(40)41/h31-32,35-37,42H,1-30H2,(H,38,39)(H,40,41)/p-2. The van der Waals surface area contributed by atoms with Gasteiger partial charge in [-0.15, -0.1) is 0 Å². The van der Waals surface area contributed by atoms with E-state index in [1.807, 2.05) is 0 Å². The number of aliphatic hydroxyl groups is 3. The van der Waals surface area contributed by atoms with Gasteiger partial charge in [0.15, 0.2) is 0 Å². The number of carbonyl (C=O) groups is 2. The number of carbonyl (C=O) groups excluding carboxylic acids is 2. The first-order chi connectivity index (χ1) is 20.3. The molecule has 7 heteroatoms. The third-order valence-corrected chi connectivity index (χ3v) is 8.55. The summed E-state index contributed by atoms with van der Waals surface area (Å²) < 4.78 is 0. The Hall–Kier alpha value is -1.18. The molecule has 3 N–H and O–H groups in total. The summed E-state index contributed by atoms with van der Waals surface area (Å²) >= 11 is 0. The molecule has 0 rings (SSSR count). The number of aliphatic hydroxyl groups excluding tert-OH is 3. The van der Waals surface area contributed by atoms with Gasteiger partial charge in [0.1, 0.15) is 6.10 Å². The van der Waals surface area contributed by atoms with Crippen molar-refractivity contribution in [2.45, 2.75) is 211 Å². The second-order valence-corrected chi connectivity index (χ2v) is 12.6. The van der Waals surface area contributed by atoms with Crippen LogP contribution in [0, 0.1) is 0 Å². The fourth-order valence-corrected chi connectivity index (χ4v) is 5.73. The van der Waals surface area contributed by atoms with E-state index in [0.29, 0.717) is 12.8 Å². The zero-order valence-electron chi connectivity index (χ0n) is 26.9. The zero-order valence-corrected chi connectivity index (χ0v) is 26.9. The predicted octanol–water partition coefficient (Wildman–Crippen LogP) is 6.27. The highest BCUT2D eigenvalue weighted by Gasteiger charge is 2.23. The van der Waals surface area contributed by atoms with Gasteiger partial charge in [0, 0.05) is 11.9 Å². The minimum Gasteiger partial charge on any atom is -0.550 e. The Labute approximate surface area is 257 Å². The van der Waals surface area contributed by atoms with Gasteiger partial charge in [0.2, 0.25) is 0 Å². The molecule has 42 heavy (non-hydrogen) atoms. The first-order valence-corrected chi connectivity index (χ1v) is 17.8. The lowest BCUT2D eigenvalue weighted by atomic mass is 9.97. The van der Waals surface area contributed by atoms with Crippen LogP contribution in [0.4, 0.5) is 0 Å². The SMILES string of the molecule is O=C([O-])CCCCCCCCCCCCCCCC(O)C(O)C(O)CCCCCCCCCCCCCCCC(=O)[O-]. The summed E-state index contributed by atoms with van der Waals surface area (Å²) in [5.74, 6) is -1.88. The molecule has 0 aliphatic rings. The van der Waals surface area contributed by atoms with Crippen molar-refractivity contribution in [3.05, 3.63) is 0 Å². The van der Waals surface area contributed by atoms with Crippen LogP contribution in [0.2, 0.25) is 0 Å². The number of carboxylic acids is 2. The van der Waals surface area contributed by atoms with Crippen molar-refractivity contribution in [1.29, 1.82) is 0 Å². The molecule has 0 aromatic rings. The third kappa shape index (κ3) is 30.3. The van der Waals surface area contributed by atoms with E-state index in [4.69, 9.17) is 0 Å². The molecule has 0 spiro atoms. The molecule has 0 radical (unpaired) electrons. The van der Waals surface area contributed by atoms with Crippen LogP contribution in [0.15, 0.2) is 0 Å².